The Labute approximate surface area is 203 Å². The fourth-order valence-corrected chi connectivity index (χ4v) is 3.50. The topological polar surface area (TPSA) is 166 Å². The van der Waals surface area contributed by atoms with Crippen LogP contribution in [0.4, 0.5) is 22.7 Å². The van der Waals surface area contributed by atoms with Crippen molar-refractivity contribution in [3.8, 4) is 5.75 Å². The Kier molecular flexibility index (Phi) is 6.50. The number of ether oxygens (including phenoxy) is 1. The Morgan fingerprint density at radius 2 is 1.67 bits per heavy atom. The highest BCUT2D eigenvalue weighted by Crippen LogP contribution is 2.30. The monoisotopic (exact) mass is 487 g/mol. The molecule has 4 rings (SSSR count). The number of amides is 1. The first-order valence-corrected chi connectivity index (χ1v) is 10.4. The molecule has 1 amide bonds. The van der Waals surface area contributed by atoms with Crippen LogP contribution in [0.25, 0.3) is 6.08 Å². The molecule has 0 spiro atoms. The minimum Gasteiger partial charge on any atom is -0.495 e. The lowest BCUT2D eigenvalue weighted by atomic mass is 9.89. The molecule has 3 aromatic carbocycles. The molecule has 0 unspecified atom stereocenters. The van der Waals surface area contributed by atoms with Crippen molar-refractivity contribution in [3.63, 3.8) is 0 Å². The van der Waals surface area contributed by atoms with Crippen molar-refractivity contribution in [3.05, 3.63) is 104 Å². The van der Waals surface area contributed by atoms with Crippen LogP contribution in [0, 0.1) is 20.2 Å². The van der Waals surface area contributed by atoms with Crippen molar-refractivity contribution < 1.29 is 24.2 Å². The summed E-state index contributed by atoms with van der Waals surface area (Å²) in [6, 6.07) is 15.9. The van der Waals surface area contributed by atoms with E-state index in [1.165, 1.54) is 55.7 Å². The molecular formula is C24H17N5O7. The maximum absolute atomic E-state index is 13.3. The van der Waals surface area contributed by atoms with Crippen molar-refractivity contribution in [2.45, 2.75) is 0 Å². The van der Waals surface area contributed by atoms with Gasteiger partial charge < -0.3 is 10.1 Å². The number of methoxy groups -OCH3 is 1. The summed E-state index contributed by atoms with van der Waals surface area (Å²) in [6.07, 6.45) is 1.40. The van der Waals surface area contributed by atoms with Crippen molar-refractivity contribution in [1.29, 1.82) is 0 Å². The molecule has 0 fully saturated rings. The second kappa shape index (κ2) is 9.85. The van der Waals surface area contributed by atoms with Crippen LogP contribution in [0.2, 0.25) is 0 Å². The van der Waals surface area contributed by atoms with Crippen LogP contribution in [0.1, 0.15) is 11.1 Å². The van der Waals surface area contributed by atoms with Crippen LogP contribution in [0.5, 0.6) is 5.75 Å². The number of nitrogens with zero attached hydrogens (tertiary/aromatic N) is 3. The number of nitro benzene ring substituents is 2. The van der Waals surface area contributed by atoms with Gasteiger partial charge in [-0.25, -0.2) is 0 Å². The van der Waals surface area contributed by atoms with Gasteiger partial charge in [0.05, 0.1) is 22.5 Å². The number of benzene rings is 3. The highest BCUT2D eigenvalue weighted by atomic mass is 16.6. The van der Waals surface area contributed by atoms with Gasteiger partial charge >= 0.3 is 0 Å². The summed E-state index contributed by atoms with van der Waals surface area (Å²) in [5, 5.41) is 28.8. The lowest BCUT2D eigenvalue weighted by Crippen LogP contribution is -2.30. The van der Waals surface area contributed by atoms with Crippen LogP contribution in [0.3, 0.4) is 0 Å². The third-order valence-corrected chi connectivity index (χ3v) is 5.22. The van der Waals surface area contributed by atoms with Gasteiger partial charge in [-0.2, -0.15) is 5.10 Å². The predicted molar refractivity (Wildman–Crippen MR) is 131 cm³/mol. The lowest BCUT2D eigenvalue weighted by molar-refractivity contribution is -0.385. The van der Waals surface area contributed by atoms with Crippen molar-refractivity contribution in [2.75, 3.05) is 17.9 Å². The first kappa shape index (κ1) is 23.8. The summed E-state index contributed by atoms with van der Waals surface area (Å²) in [5.74, 6) is -1.25. The van der Waals surface area contributed by atoms with Crippen molar-refractivity contribution in [2.24, 2.45) is 5.10 Å². The van der Waals surface area contributed by atoms with Crippen LogP contribution in [0.15, 0.2) is 77.4 Å². The Morgan fingerprint density at radius 3 is 2.39 bits per heavy atom. The van der Waals surface area contributed by atoms with Gasteiger partial charge in [0, 0.05) is 35.5 Å². The molecule has 0 radical (unpaired) electrons. The standard InChI is InChI=1S/C24H17N5O7/c1-36-21-10-9-17(29(34)35)13-20(21)26-27-22-18-8-3-2-5-14(18)11-19(23(22)30)24(31)25-15-6-4-7-16(12-15)28(32)33/h2-13,26H,1H3,(H,25,31)/b27-22+. The first-order chi connectivity index (χ1) is 17.3. The van der Waals surface area contributed by atoms with Crippen LogP contribution in [-0.4, -0.2) is 34.4 Å². The number of fused-ring (bicyclic) bond motifs is 1. The van der Waals surface area contributed by atoms with E-state index >= 15 is 0 Å². The summed E-state index contributed by atoms with van der Waals surface area (Å²) < 4.78 is 5.21. The second-order valence-corrected chi connectivity index (χ2v) is 7.45. The fraction of sp³-hybridized carbons (Fsp3) is 0.0417. The van der Waals surface area contributed by atoms with Gasteiger partial charge in [-0.1, -0.05) is 30.3 Å². The van der Waals surface area contributed by atoms with Crippen LogP contribution < -0.4 is 15.5 Å². The quantitative estimate of drug-likeness (QED) is 0.287. The number of carbonyl (C=O) groups excluding carboxylic acids is 2. The number of carbonyl (C=O) groups is 2. The Hall–Kier alpha value is -5.39. The van der Waals surface area contributed by atoms with Gasteiger partial charge in [0.1, 0.15) is 17.1 Å². The molecular weight excluding hydrogens is 470 g/mol. The number of non-ortho nitro benzene ring substituents is 2. The molecule has 0 aliphatic heterocycles. The number of nitrogens with one attached hydrogen (secondary N) is 2. The maximum Gasteiger partial charge on any atom is 0.271 e. The van der Waals surface area contributed by atoms with Gasteiger partial charge in [-0.15, -0.1) is 0 Å². The van der Waals surface area contributed by atoms with Crippen molar-refractivity contribution >= 4 is 46.2 Å². The molecule has 2 N–H and O–H groups in total. The van der Waals surface area contributed by atoms with E-state index in [-0.39, 0.29) is 39.8 Å². The molecule has 0 atom stereocenters. The maximum atomic E-state index is 13.3. The average molecular weight is 487 g/mol. The third-order valence-electron chi connectivity index (χ3n) is 5.22. The lowest BCUT2D eigenvalue weighted by Gasteiger charge is -2.18. The summed E-state index contributed by atoms with van der Waals surface area (Å²) in [5.41, 5.74) is 3.09. The number of hydrogen-bond acceptors (Lipinski definition) is 9. The van der Waals surface area contributed by atoms with E-state index < -0.39 is 21.5 Å². The number of hydrogen-bond donors (Lipinski definition) is 2. The van der Waals surface area contributed by atoms with E-state index in [1.807, 2.05) is 0 Å². The Balaban J connectivity index is 1.69. The van der Waals surface area contributed by atoms with E-state index in [2.05, 4.69) is 15.8 Å². The summed E-state index contributed by atoms with van der Waals surface area (Å²) in [7, 11) is 1.37. The Bertz CT molecular complexity index is 1480. The highest BCUT2D eigenvalue weighted by Gasteiger charge is 2.30. The minimum atomic E-state index is -0.782. The van der Waals surface area contributed by atoms with E-state index in [0.717, 1.165) is 0 Å². The minimum absolute atomic E-state index is 0.106. The Morgan fingerprint density at radius 1 is 0.944 bits per heavy atom. The van der Waals surface area contributed by atoms with Gasteiger partial charge in [0.25, 0.3) is 17.3 Å². The number of nitro groups is 2. The summed E-state index contributed by atoms with van der Waals surface area (Å²) in [4.78, 5) is 47.3. The molecule has 0 bridgehead atoms. The zero-order valence-electron chi connectivity index (χ0n) is 18.6. The molecule has 1 aliphatic carbocycles. The molecule has 36 heavy (non-hydrogen) atoms. The van der Waals surface area contributed by atoms with Crippen LogP contribution in [-0.2, 0) is 9.59 Å². The molecule has 12 heteroatoms. The van der Waals surface area contributed by atoms with Gasteiger partial charge in [-0.05, 0) is 23.8 Å². The van der Waals surface area contributed by atoms with Crippen molar-refractivity contribution in [1.82, 2.24) is 0 Å². The van der Waals surface area contributed by atoms with Gasteiger partial charge in [0.2, 0.25) is 5.78 Å². The molecule has 180 valence electrons. The van der Waals surface area contributed by atoms with E-state index in [4.69, 9.17) is 4.74 Å². The largest absolute Gasteiger partial charge is 0.495 e. The van der Waals surface area contributed by atoms with Gasteiger partial charge in [-0.3, -0.25) is 35.2 Å². The predicted octanol–water partition coefficient (Wildman–Crippen LogP) is 3.93. The second-order valence-electron chi connectivity index (χ2n) is 7.45. The number of hydrazone groups is 1. The fourth-order valence-electron chi connectivity index (χ4n) is 3.50. The van der Waals surface area contributed by atoms with E-state index in [1.54, 1.807) is 24.3 Å². The summed E-state index contributed by atoms with van der Waals surface area (Å²) >= 11 is 0. The zero-order chi connectivity index (χ0) is 25.8. The molecule has 0 saturated heterocycles. The van der Waals surface area contributed by atoms with E-state index in [0.29, 0.717) is 11.1 Å². The molecule has 0 heterocycles. The smallest absolute Gasteiger partial charge is 0.271 e. The normalized spacial score (nSPS) is 13.4. The molecule has 0 saturated carbocycles. The molecule has 1 aliphatic rings. The number of Topliss-reactive ketones (excluding diaryl/α,β-unsaturated/α-hetero) is 1. The van der Waals surface area contributed by atoms with Crippen LogP contribution >= 0.6 is 0 Å². The number of rotatable bonds is 7. The SMILES string of the molecule is COc1ccc([N+](=O)[O-])cc1N/N=C1/C(=O)C(C(=O)Nc2cccc([N+](=O)[O-])c2)=Cc2ccccc21. The highest BCUT2D eigenvalue weighted by molar-refractivity contribution is 6.59. The number of anilines is 2. The van der Waals surface area contributed by atoms with Gasteiger partial charge in [0.15, 0.2) is 0 Å². The van der Waals surface area contributed by atoms with E-state index in [9.17, 15) is 29.8 Å². The average Bonchev–Trinajstić information content (AvgIpc) is 2.87. The first-order valence-electron chi connectivity index (χ1n) is 10.4. The zero-order valence-corrected chi connectivity index (χ0v) is 18.6. The molecule has 12 nitrogen and oxygen atoms in total. The number of ketones is 1. The third kappa shape index (κ3) is 4.77. The summed E-state index contributed by atoms with van der Waals surface area (Å²) in [6.45, 7) is 0. The molecule has 3 aromatic rings. The molecule has 0 aromatic heterocycles.